The first kappa shape index (κ1) is 30.9. The number of carbonyl (C=O) groups is 2. The van der Waals surface area contributed by atoms with E-state index in [9.17, 15) is 18.0 Å². The number of sulfonamides is 1. The molecule has 10 heteroatoms. The van der Waals surface area contributed by atoms with Crippen molar-refractivity contribution >= 4 is 50.7 Å². The monoisotopic (exact) mass is 615 g/mol. The summed E-state index contributed by atoms with van der Waals surface area (Å²) in [6.45, 7) is 1.36. The average Bonchev–Trinajstić information content (AvgIpc) is 3.43. The molecule has 0 spiro atoms. The van der Waals surface area contributed by atoms with Crippen LogP contribution in [0.1, 0.15) is 42.4 Å². The van der Waals surface area contributed by atoms with Crippen molar-refractivity contribution < 1.29 is 18.0 Å². The van der Waals surface area contributed by atoms with E-state index in [4.69, 9.17) is 23.2 Å². The van der Waals surface area contributed by atoms with Gasteiger partial charge in [-0.3, -0.25) is 13.9 Å². The van der Waals surface area contributed by atoms with Crippen LogP contribution in [0.3, 0.4) is 0 Å². The Morgan fingerprint density at radius 3 is 2.17 bits per heavy atom. The van der Waals surface area contributed by atoms with E-state index in [1.165, 1.54) is 4.90 Å². The van der Waals surface area contributed by atoms with Crippen LogP contribution in [0.4, 0.5) is 5.69 Å². The average molecular weight is 617 g/mol. The summed E-state index contributed by atoms with van der Waals surface area (Å²) < 4.78 is 27.0. The molecule has 1 N–H and O–H groups in total. The molecule has 3 aromatic rings. The summed E-state index contributed by atoms with van der Waals surface area (Å²) in [4.78, 5) is 29.5. The Labute approximate surface area is 252 Å². The molecule has 2 amide bonds. The van der Waals surface area contributed by atoms with Crippen molar-refractivity contribution in [2.45, 2.75) is 57.7 Å². The number of benzene rings is 3. The van der Waals surface area contributed by atoms with Gasteiger partial charge in [-0.05, 0) is 66.8 Å². The Morgan fingerprint density at radius 1 is 0.927 bits per heavy atom. The zero-order valence-corrected chi connectivity index (χ0v) is 25.6. The SMILES string of the molecule is Cc1cc(Cl)ccc1N(CC(=O)N(Cc1ccc(Cl)cc1)[C@@H](Cc1ccccc1)C(=O)NC1CCCC1)S(C)(=O)=O. The minimum Gasteiger partial charge on any atom is -0.352 e. The third-order valence-corrected chi connectivity index (χ3v) is 8.96. The molecule has 1 atom stereocenters. The number of anilines is 1. The maximum absolute atomic E-state index is 14.2. The van der Waals surface area contributed by atoms with Gasteiger partial charge in [0.15, 0.2) is 0 Å². The van der Waals surface area contributed by atoms with Crippen molar-refractivity contribution in [2.75, 3.05) is 17.1 Å². The molecule has 3 aromatic carbocycles. The molecule has 1 fully saturated rings. The molecule has 0 aromatic heterocycles. The molecule has 0 aliphatic heterocycles. The van der Waals surface area contributed by atoms with Gasteiger partial charge < -0.3 is 10.2 Å². The van der Waals surface area contributed by atoms with Crippen LogP contribution in [0.2, 0.25) is 10.0 Å². The Kier molecular flexibility index (Phi) is 10.3. The third-order valence-electron chi connectivity index (χ3n) is 7.35. The topological polar surface area (TPSA) is 86.8 Å². The fraction of sp³-hybridized carbons (Fsp3) is 0.355. The van der Waals surface area contributed by atoms with E-state index >= 15 is 0 Å². The fourth-order valence-electron chi connectivity index (χ4n) is 5.20. The Bertz CT molecular complexity index is 1460. The second kappa shape index (κ2) is 13.7. The van der Waals surface area contributed by atoms with Crippen molar-refractivity contribution in [3.63, 3.8) is 0 Å². The molecular weight excluding hydrogens is 581 g/mol. The van der Waals surface area contributed by atoms with E-state index in [1.807, 2.05) is 30.3 Å². The predicted molar refractivity (Wildman–Crippen MR) is 165 cm³/mol. The summed E-state index contributed by atoms with van der Waals surface area (Å²) in [6, 6.07) is 20.6. The van der Waals surface area contributed by atoms with Gasteiger partial charge in [0.25, 0.3) is 0 Å². The van der Waals surface area contributed by atoms with Gasteiger partial charge in [-0.2, -0.15) is 0 Å². The van der Waals surface area contributed by atoms with E-state index in [0.717, 1.165) is 47.4 Å². The van der Waals surface area contributed by atoms with Crippen LogP contribution < -0.4 is 9.62 Å². The maximum atomic E-state index is 14.2. The zero-order valence-electron chi connectivity index (χ0n) is 23.2. The number of hydrogen-bond acceptors (Lipinski definition) is 4. The molecule has 0 saturated heterocycles. The predicted octanol–water partition coefficient (Wildman–Crippen LogP) is 5.77. The van der Waals surface area contributed by atoms with E-state index in [-0.39, 0.29) is 24.9 Å². The number of amides is 2. The molecule has 4 rings (SSSR count). The highest BCUT2D eigenvalue weighted by Gasteiger charge is 2.34. The lowest BCUT2D eigenvalue weighted by Gasteiger charge is -2.34. The number of rotatable bonds is 11. The minimum absolute atomic E-state index is 0.0532. The Morgan fingerprint density at radius 2 is 1.56 bits per heavy atom. The molecule has 7 nitrogen and oxygen atoms in total. The molecule has 218 valence electrons. The van der Waals surface area contributed by atoms with Crippen LogP contribution in [-0.4, -0.2) is 50.0 Å². The van der Waals surface area contributed by atoms with Crippen molar-refractivity contribution in [1.29, 1.82) is 0 Å². The Balaban J connectivity index is 1.73. The van der Waals surface area contributed by atoms with Crippen molar-refractivity contribution in [2.24, 2.45) is 0 Å². The number of halogens is 2. The molecule has 0 bridgehead atoms. The number of nitrogens with zero attached hydrogens (tertiary/aromatic N) is 2. The van der Waals surface area contributed by atoms with Crippen LogP contribution in [-0.2, 0) is 32.6 Å². The van der Waals surface area contributed by atoms with Gasteiger partial charge in [0.1, 0.15) is 12.6 Å². The van der Waals surface area contributed by atoms with Crippen LogP contribution in [0.5, 0.6) is 0 Å². The quantitative estimate of drug-likeness (QED) is 0.297. The van der Waals surface area contributed by atoms with Crippen LogP contribution >= 0.6 is 23.2 Å². The highest BCUT2D eigenvalue weighted by Crippen LogP contribution is 2.27. The van der Waals surface area contributed by atoms with Gasteiger partial charge in [0.2, 0.25) is 21.8 Å². The van der Waals surface area contributed by atoms with Gasteiger partial charge in [-0.25, -0.2) is 8.42 Å². The number of hydrogen-bond donors (Lipinski definition) is 1. The van der Waals surface area contributed by atoms with Crippen molar-refractivity contribution in [3.8, 4) is 0 Å². The van der Waals surface area contributed by atoms with Gasteiger partial charge in [-0.15, -0.1) is 0 Å². The molecule has 41 heavy (non-hydrogen) atoms. The smallest absolute Gasteiger partial charge is 0.244 e. The third kappa shape index (κ3) is 8.47. The normalized spacial score (nSPS) is 14.4. The summed E-state index contributed by atoms with van der Waals surface area (Å²) in [7, 11) is -3.86. The standard InChI is InChI=1S/C31H35Cl2N3O4S/c1-22-18-26(33)16-17-28(22)36(41(2,39)40)21-30(37)35(20-24-12-14-25(32)15-13-24)29(19-23-8-4-3-5-9-23)31(38)34-27-10-6-7-11-27/h3-5,8-9,12-18,27,29H,6-7,10-11,19-21H2,1-2H3,(H,34,38)/t29-/m0/s1. The molecule has 0 heterocycles. The lowest BCUT2D eigenvalue weighted by molar-refractivity contribution is -0.140. The molecule has 1 aliphatic carbocycles. The minimum atomic E-state index is -3.86. The highest BCUT2D eigenvalue weighted by atomic mass is 35.5. The second-order valence-corrected chi connectivity index (χ2v) is 13.3. The van der Waals surface area contributed by atoms with Crippen molar-refractivity contribution in [1.82, 2.24) is 10.2 Å². The zero-order chi connectivity index (χ0) is 29.6. The summed E-state index contributed by atoms with van der Waals surface area (Å²) >= 11 is 12.2. The van der Waals surface area contributed by atoms with Gasteiger partial charge in [-0.1, -0.05) is 78.5 Å². The molecular formula is C31H35Cl2N3O4S. The van der Waals surface area contributed by atoms with Crippen LogP contribution in [0.15, 0.2) is 72.8 Å². The number of nitrogens with one attached hydrogen (secondary N) is 1. The summed E-state index contributed by atoms with van der Waals surface area (Å²) in [5.74, 6) is -0.751. The maximum Gasteiger partial charge on any atom is 0.244 e. The second-order valence-electron chi connectivity index (χ2n) is 10.5. The van der Waals surface area contributed by atoms with Gasteiger partial charge >= 0.3 is 0 Å². The summed E-state index contributed by atoms with van der Waals surface area (Å²) in [5.41, 5.74) is 2.62. The first-order valence-electron chi connectivity index (χ1n) is 13.6. The fourth-order valence-corrected chi connectivity index (χ4v) is 6.46. The van der Waals surface area contributed by atoms with Crippen LogP contribution in [0.25, 0.3) is 0 Å². The van der Waals surface area contributed by atoms with Crippen LogP contribution in [0, 0.1) is 6.92 Å². The molecule has 0 unspecified atom stereocenters. The number of carbonyl (C=O) groups excluding carboxylic acids is 2. The first-order valence-corrected chi connectivity index (χ1v) is 16.2. The van der Waals surface area contributed by atoms with E-state index in [1.54, 1.807) is 49.4 Å². The summed E-state index contributed by atoms with van der Waals surface area (Å²) in [6.07, 6.45) is 5.22. The lowest BCUT2D eigenvalue weighted by Crippen LogP contribution is -2.54. The number of aryl methyl sites for hydroxylation is 1. The highest BCUT2D eigenvalue weighted by molar-refractivity contribution is 7.92. The summed E-state index contributed by atoms with van der Waals surface area (Å²) in [5, 5.41) is 4.17. The lowest BCUT2D eigenvalue weighted by atomic mass is 10.0. The Hall–Kier alpha value is -3.07. The first-order chi connectivity index (χ1) is 19.5. The largest absolute Gasteiger partial charge is 0.352 e. The van der Waals surface area contributed by atoms with E-state index in [0.29, 0.717) is 21.3 Å². The molecule has 1 aliphatic rings. The van der Waals surface area contributed by atoms with E-state index < -0.39 is 28.5 Å². The molecule has 1 saturated carbocycles. The molecule has 0 radical (unpaired) electrons. The van der Waals surface area contributed by atoms with Crippen molar-refractivity contribution in [3.05, 3.63) is 99.5 Å². The van der Waals surface area contributed by atoms with Gasteiger partial charge in [0, 0.05) is 29.1 Å². The van der Waals surface area contributed by atoms with Gasteiger partial charge in [0.05, 0.1) is 11.9 Å². The van der Waals surface area contributed by atoms with E-state index in [2.05, 4.69) is 5.32 Å².